The van der Waals surface area contributed by atoms with Crippen molar-refractivity contribution >= 4 is 17.5 Å². The Bertz CT molecular complexity index is 487. The standard InChI is InChI=1S/C12H21N5O2/c1-7-9(13)10(16-15-7)11(19)17(5)6-8(18)14-12(2,3)4/h6,13H2,1-5H3,(H,14,18)(H,15,16). The maximum atomic E-state index is 12.1. The summed E-state index contributed by atoms with van der Waals surface area (Å²) in [5, 5.41) is 9.27. The number of hydrogen-bond acceptors (Lipinski definition) is 4. The number of nitrogens with one attached hydrogen (secondary N) is 2. The number of amides is 2. The van der Waals surface area contributed by atoms with Gasteiger partial charge in [-0.05, 0) is 27.7 Å². The lowest BCUT2D eigenvalue weighted by Gasteiger charge is -2.23. The molecule has 7 heteroatoms. The maximum absolute atomic E-state index is 12.1. The SMILES string of the molecule is Cc1[nH]nc(C(=O)N(C)CC(=O)NC(C)(C)C)c1N. The van der Waals surface area contributed by atoms with Crippen LogP contribution < -0.4 is 11.1 Å². The molecule has 1 rings (SSSR count). The van der Waals surface area contributed by atoms with Crippen molar-refractivity contribution in [3.63, 3.8) is 0 Å². The fourth-order valence-electron chi connectivity index (χ4n) is 1.53. The van der Waals surface area contributed by atoms with E-state index in [1.165, 1.54) is 11.9 Å². The van der Waals surface area contributed by atoms with Crippen LogP contribution in [-0.4, -0.2) is 46.0 Å². The Hall–Kier alpha value is -2.05. The molecule has 7 nitrogen and oxygen atoms in total. The number of aromatic amines is 1. The summed E-state index contributed by atoms with van der Waals surface area (Å²) in [6, 6.07) is 0. The van der Waals surface area contributed by atoms with Crippen LogP contribution in [0.2, 0.25) is 0 Å². The Labute approximate surface area is 112 Å². The average Bonchev–Trinajstić information content (AvgIpc) is 2.56. The zero-order valence-corrected chi connectivity index (χ0v) is 12.0. The Morgan fingerprint density at radius 2 is 2.00 bits per heavy atom. The summed E-state index contributed by atoms with van der Waals surface area (Å²) in [4.78, 5) is 25.1. The van der Waals surface area contributed by atoms with Crippen LogP contribution >= 0.6 is 0 Å². The minimum atomic E-state index is -0.383. The molecule has 0 saturated heterocycles. The minimum Gasteiger partial charge on any atom is -0.395 e. The van der Waals surface area contributed by atoms with Crippen LogP contribution in [0.4, 0.5) is 5.69 Å². The lowest BCUT2D eigenvalue weighted by molar-refractivity contribution is -0.122. The number of likely N-dealkylation sites (N-methyl/N-ethyl adjacent to an activating group) is 1. The molecular formula is C12H21N5O2. The van der Waals surface area contributed by atoms with Gasteiger partial charge in [0.05, 0.1) is 17.9 Å². The van der Waals surface area contributed by atoms with Crippen LogP contribution in [0.3, 0.4) is 0 Å². The summed E-state index contributed by atoms with van der Waals surface area (Å²) in [6.45, 7) is 7.32. The smallest absolute Gasteiger partial charge is 0.276 e. The molecule has 0 saturated carbocycles. The van der Waals surface area contributed by atoms with Crippen LogP contribution in [0.1, 0.15) is 37.0 Å². The Kier molecular flexibility index (Phi) is 4.18. The van der Waals surface area contributed by atoms with E-state index in [0.29, 0.717) is 11.4 Å². The molecule has 4 N–H and O–H groups in total. The molecule has 19 heavy (non-hydrogen) atoms. The molecule has 0 unspecified atom stereocenters. The summed E-state index contributed by atoms with van der Waals surface area (Å²) < 4.78 is 0. The van der Waals surface area contributed by atoms with Crippen molar-refractivity contribution in [2.24, 2.45) is 0 Å². The van der Waals surface area contributed by atoms with Crippen LogP contribution in [0, 0.1) is 6.92 Å². The number of aryl methyl sites for hydroxylation is 1. The van der Waals surface area contributed by atoms with Gasteiger partial charge >= 0.3 is 0 Å². The Balaban J connectivity index is 2.69. The van der Waals surface area contributed by atoms with Gasteiger partial charge in [0.15, 0.2) is 5.69 Å². The number of nitrogen functional groups attached to an aromatic ring is 1. The van der Waals surface area contributed by atoms with Crippen molar-refractivity contribution in [3.8, 4) is 0 Å². The zero-order valence-electron chi connectivity index (χ0n) is 12.0. The van der Waals surface area contributed by atoms with Crippen molar-refractivity contribution < 1.29 is 9.59 Å². The number of anilines is 1. The predicted octanol–water partition coefficient (Wildman–Crippen LogP) is 0.287. The van der Waals surface area contributed by atoms with Gasteiger partial charge in [0, 0.05) is 12.6 Å². The molecule has 0 spiro atoms. The van der Waals surface area contributed by atoms with Gasteiger partial charge in [-0.1, -0.05) is 0 Å². The van der Waals surface area contributed by atoms with Crippen molar-refractivity contribution in [3.05, 3.63) is 11.4 Å². The molecule has 0 aliphatic heterocycles. The lowest BCUT2D eigenvalue weighted by atomic mass is 10.1. The van der Waals surface area contributed by atoms with E-state index in [1.54, 1.807) is 6.92 Å². The van der Waals surface area contributed by atoms with E-state index in [9.17, 15) is 9.59 Å². The highest BCUT2D eigenvalue weighted by molar-refractivity contribution is 5.99. The maximum Gasteiger partial charge on any atom is 0.276 e. The highest BCUT2D eigenvalue weighted by atomic mass is 16.2. The van der Waals surface area contributed by atoms with Gasteiger partial charge in [-0.3, -0.25) is 14.7 Å². The van der Waals surface area contributed by atoms with Crippen molar-refractivity contribution in [2.75, 3.05) is 19.3 Å². The molecule has 0 atom stereocenters. The fourth-order valence-corrected chi connectivity index (χ4v) is 1.53. The number of nitrogens with two attached hydrogens (primary N) is 1. The summed E-state index contributed by atoms with van der Waals surface area (Å²) >= 11 is 0. The van der Waals surface area contributed by atoms with E-state index in [4.69, 9.17) is 5.73 Å². The molecule has 0 bridgehead atoms. The quantitative estimate of drug-likeness (QED) is 0.732. The second-order valence-electron chi connectivity index (χ2n) is 5.57. The molecule has 1 aromatic rings. The van der Waals surface area contributed by atoms with Crippen LogP contribution in [0.5, 0.6) is 0 Å². The molecular weight excluding hydrogens is 246 g/mol. The summed E-state index contributed by atoms with van der Waals surface area (Å²) in [5.41, 5.74) is 6.49. The van der Waals surface area contributed by atoms with E-state index in [-0.39, 0.29) is 29.6 Å². The summed E-state index contributed by atoms with van der Waals surface area (Å²) in [6.07, 6.45) is 0. The van der Waals surface area contributed by atoms with Gasteiger partial charge in [-0.2, -0.15) is 5.10 Å². The first-order chi connectivity index (χ1) is 8.61. The number of carbonyl (C=O) groups is 2. The fraction of sp³-hybridized carbons (Fsp3) is 0.583. The second kappa shape index (κ2) is 5.29. The molecule has 0 aromatic carbocycles. The van der Waals surface area contributed by atoms with Gasteiger partial charge in [0.2, 0.25) is 5.91 Å². The zero-order chi connectivity index (χ0) is 14.8. The molecule has 1 aromatic heterocycles. The molecule has 0 aliphatic rings. The summed E-state index contributed by atoms with van der Waals surface area (Å²) in [7, 11) is 1.54. The molecule has 1 heterocycles. The number of rotatable bonds is 3. The van der Waals surface area contributed by atoms with E-state index < -0.39 is 0 Å². The second-order valence-corrected chi connectivity index (χ2v) is 5.57. The number of aromatic nitrogens is 2. The van der Waals surface area contributed by atoms with Crippen LogP contribution in [0.15, 0.2) is 0 Å². The third-order valence-corrected chi connectivity index (χ3v) is 2.44. The number of hydrogen-bond donors (Lipinski definition) is 3. The molecule has 0 fully saturated rings. The van der Waals surface area contributed by atoms with Gasteiger partial charge in [0.25, 0.3) is 5.91 Å². The van der Waals surface area contributed by atoms with Crippen molar-refractivity contribution in [2.45, 2.75) is 33.2 Å². The van der Waals surface area contributed by atoms with E-state index >= 15 is 0 Å². The van der Waals surface area contributed by atoms with E-state index in [2.05, 4.69) is 15.5 Å². The number of H-pyrrole nitrogens is 1. The highest BCUT2D eigenvalue weighted by Crippen LogP contribution is 2.14. The van der Waals surface area contributed by atoms with Gasteiger partial charge < -0.3 is 16.0 Å². The van der Waals surface area contributed by atoms with E-state index in [0.717, 1.165) is 0 Å². The number of nitrogens with zero attached hydrogens (tertiary/aromatic N) is 2. The van der Waals surface area contributed by atoms with Gasteiger partial charge in [-0.15, -0.1) is 0 Å². The minimum absolute atomic E-state index is 0.0402. The third-order valence-electron chi connectivity index (χ3n) is 2.44. The predicted molar refractivity (Wildman–Crippen MR) is 72.6 cm³/mol. The normalized spacial score (nSPS) is 11.2. The first-order valence-electron chi connectivity index (χ1n) is 5.98. The average molecular weight is 267 g/mol. The van der Waals surface area contributed by atoms with Crippen LogP contribution in [0.25, 0.3) is 0 Å². The van der Waals surface area contributed by atoms with Gasteiger partial charge in [0.1, 0.15) is 0 Å². The van der Waals surface area contributed by atoms with Crippen molar-refractivity contribution in [1.29, 1.82) is 0 Å². The molecule has 0 radical (unpaired) electrons. The van der Waals surface area contributed by atoms with Crippen molar-refractivity contribution in [1.82, 2.24) is 20.4 Å². The molecule has 0 aliphatic carbocycles. The third kappa shape index (κ3) is 3.97. The van der Waals surface area contributed by atoms with Gasteiger partial charge in [-0.25, -0.2) is 0 Å². The lowest BCUT2D eigenvalue weighted by Crippen LogP contribution is -2.46. The Morgan fingerprint density at radius 1 is 1.42 bits per heavy atom. The number of carbonyl (C=O) groups excluding carboxylic acids is 2. The highest BCUT2D eigenvalue weighted by Gasteiger charge is 2.22. The monoisotopic (exact) mass is 267 g/mol. The largest absolute Gasteiger partial charge is 0.395 e. The first-order valence-corrected chi connectivity index (χ1v) is 5.98. The first kappa shape index (κ1) is 15.0. The topological polar surface area (TPSA) is 104 Å². The van der Waals surface area contributed by atoms with E-state index in [1.807, 2.05) is 20.8 Å². The summed E-state index contributed by atoms with van der Waals surface area (Å²) in [5.74, 6) is -0.611. The molecule has 106 valence electrons. The van der Waals surface area contributed by atoms with Crippen LogP contribution in [-0.2, 0) is 4.79 Å². The molecule has 2 amide bonds. The Morgan fingerprint density at radius 3 is 2.42 bits per heavy atom.